The summed E-state index contributed by atoms with van der Waals surface area (Å²) in [6.45, 7) is 1.17. The Hall–Kier alpha value is -2.07. The maximum atomic E-state index is 10.2. The van der Waals surface area contributed by atoms with Crippen molar-refractivity contribution >= 4 is 5.82 Å². The molecule has 0 spiro atoms. The first-order valence-electron chi connectivity index (χ1n) is 10.4. The highest BCUT2D eigenvalue weighted by molar-refractivity contribution is 5.42. The first kappa shape index (κ1) is 18.9. The molecule has 6 atom stereocenters. The van der Waals surface area contributed by atoms with Crippen LogP contribution >= 0.6 is 0 Å². The molecule has 3 fully saturated rings. The normalized spacial score (nSPS) is 34.5. The smallest absolute Gasteiger partial charge is 0.132 e. The van der Waals surface area contributed by atoms with E-state index in [0.717, 1.165) is 24.4 Å². The second-order valence-electron chi connectivity index (χ2n) is 8.54. The Morgan fingerprint density at radius 3 is 2.86 bits per heavy atom. The van der Waals surface area contributed by atoms with Crippen molar-refractivity contribution in [3.05, 3.63) is 36.0 Å². The number of hydrazine groups is 1. The number of aliphatic hydroxyl groups is 1. The molecule has 0 radical (unpaired) electrons. The molecule has 2 aliphatic heterocycles. The van der Waals surface area contributed by atoms with Crippen molar-refractivity contribution in [2.45, 2.75) is 49.5 Å². The molecule has 2 aromatic heterocycles. The second kappa shape index (κ2) is 7.64. The second-order valence-corrected chi connectivity index (χ2v) is 8.54. The number of aryl methyl sites for hydroxylation is 1. The zero-order valence-corrected chi connectivity index (χ0v) is 16.9. The average Bonchev–Trinajstić information content (AvgIpc) is 3.45. The van der Waals surface area contributed by atoms with Gasteiger partial charge in [-0.2, -0.15) is 5.10 Å². The molecular formula is C20H29N7O2. The molecule has 4 heterocycles. The molecule has 1 aliphatic carbocycles. The van der Waals surface area contributed by atoms with Gasteiger partial charge in [0.2, 0.25) is 0 Å². The number of methoxy groups -OCH3 is 1. The van der Waals surface area contributed by atoms with Gasteiger partial charge in [-0.15, -0.1) is 0 Å². The van der Waals surface area contributed by atoms with E-state index in [9.17, 15) is 5.11 Å². The molecule has 3 N–H and O–H groups in total. The summed E-state index contributed by atoms with van der Waals surface area (Å²) in [5.74, 6) is 1.85. The lowest BCUT2D eigenvalue weighted by Gasteiger charge is -2.32. The van der Waals surface area contributed by atoms with Crippen LogP contribution in [-0.4, -0.2) is 63.3 Å². The predicted molar refractivity (Wildman–Crippen MR) is 107 cm³/mol. The number of rotatable bonds is 4. The van der Waals surface area contributed by atoms with Gasteiger partial charge in [-0.3, -0.25) is 10.1 Å². The first-order valence-corrected chi connectivity index (χ1v) is 10.4. The molecule has 0 amide bonds. The summed E-state index contributed by atoms with van der Waals surface area (Å²) in [7, 11) is 3.61. The van der Waals surface area contributed by atoms with Gasteiger partial charge in [0, 0.05) is 45.6 Å². The average molecular weight is 399 g/mol. The molecular weight excluding hydrogens is 370 g/mol. The van der Waals surface area contributed by atoms with E-state index in [1.807, 2.05) is 17.9 Å². The number of ether oxygens (including phenoxy) is 1. The van der Waals surface area contributed by atoms with Gasteiger partial charge in [-0.1, -0.05) is 0 Å². The fourth-order valence-corrected chi connectivity index (χ4v) is 5.18. The molecule has 4 unspecified atom stereocenters. The van der Waals surface area contributed by atoms with Crippen molar-refractivity contribution in [1.29, 1.82) is 0 Å². The highest BCUT2D eigenvalue weighted by atomic mass is 16.5. The molecule has 9 nitrogen and oxygen atoms in total. The van der Waals surface area contributed by atoms with Gasteiger partial charge in [0.05, 0.1) is 24.0 Å². The van der Waals surface area contributed by atoms with Gasteiger partial charge < -0.3 is 14.7 Å². The lowest BCUT2D eigenvalue weighted by molar-refractivity contribution is 0.0217. The van der Waals surface area contributed by atoms with E-state index in [1.165, 1.54) is 12.0 Å². The van der Waals surface area contributed by atoms with Crippen LogP contribution in [0.4, 0.5) is 5.82 Å². The number of nitrogens with one attached hydrogen (secondary N) is 2. The Kier molecular flexibility index (Phi) is 4.99. The summed E-state index contributed by atoms with van der Waals surface area (Å²) in [4.78, 5) is 11.1. The predicted octanol–water partition coefficient (Wildman–Crippen LogP) is 0.507. The van der Waals surface area contributed by atoms with E-state index in [1.54, 1.807) is 13.4 Å². The summed E-state index contributed by atoms with van der Waals surface area (Å²) in [6, 6.07) is 2.66. The van der Waals surface area contributed by atoms with E-state index in [0.29, 0.717) is 31.0 Å². The van der Waals surface area contributed by atoms with Crippen molar-refractivity contribution in [3.8, 4) is 0 Å². The molecule has 1 saturated carbocycles. The zero-order valence-electron chi connectivity index (χ0n) is 16.9. The van der Waals surface area contributed by atoms with Crippen molar-refractivity contribution in [2.75, 3.05) is 25.1 Å². The molecule has 156 valence electrons. The maximum Gasteiger partial charge on any atom is 0.132 e. The van der Waals surface area contributed by atoms with Crippen molar-refractivity contribution in [2.24, 2.45) is 13.0 Å². The SMILES string of the molecule is CO[C@H]1CN(c2cc(C3NNC4CCC(c5cnn(C)c5)CC43)ncn2)C[C@@H]1O. The van der Waals surface area contributed by atoms with Gasteiger partial charge in [0.15, 0.2) is 0 Å². The molecule has 2 saturated heterocycles. The van der Waals surface area contributed by atoms with Crippen molar-refractivity contribution < 1.29 is 9.84 Å². The Morgan fingerprint density at radius 1 is 1.21 bits per heavy atom. The van der Waals surface area contributed by atoms with Crippen LogP contribution in [0.25, 0.3) is 0 Å². The summed E-state index contributed by atoms with van der Waals surface area (Å²) < 4.78 is 7.25. The van der Waals surface area contributed by atoms with E-state index >= 15 is 0 Å². The number of anilines is 1. The quantitative estimate of drug-likeness (QED) is 0.684. The minimum atomic E-state index is -0.493. The van der Waals surface area contributed by atoms with E-state index in [-0.39, 0.29) is 12.1 Å². The third kappa shape index (κ3) is 3.52. The minimum absolute atomic E-state index is 0.145. The Bertz CT molecular complexity index is 859. The number of β-amino-alcohol motifs (C(OH)–C–C–N with tert-alkyl or cyclic N) is 1. The first-order chi connectivity index (χ1) is 14.1. The van der Waals surface area contributed by atoms with E-state index in [2.05, 4.69) is 43.1 Å². The highest BCUT2D eigenvalue weighted by Crippen LogP contribution is 2.43. The largest absolute Gasteiger partial charge is 0.388 e. The van der Waals surface area contributed by atoms with Crippen LogP contribution in [0, 0.1) is 5.92 Å². The molecule has 2 aromatic rings. The number of aromatic nitrogens is 4. The van der Waals surface area contributed by atoms with E-state index in [4.69, 9.17) is 4.74 Å². The van der Waals surface area contributed by atoms with Gasteiger partial charge in [0.25, 0.3) is 0 Å². The van der Waals surface area contributed by atoms with Gasteiger partial charge >= 0.3 is 0 Å². The van der Waals surface area contributed by atoms with Gasteiger partial charge in [0.1, 0.15) is 18.2 Å². The van der Waals surface area contributed by atoms with Crippen molar-refractivity contribution in [1.82, 2.24) is 30.6 Å². The lowest BCUT2D eigenvalue weighted by atomic mass is 9.73. The third-order valence-electron chi connectivity index (χ3n) is 6.80. The van der Waals surface area contributed by atoms with Gasteiger partial charge in [-0.05, 0) is 36.7 Å². The Morgan fingerprint density at radius 2 is 2.10 bits per heavy atom. The summed E-state index contributed by atoms with van der Waals surface area (Å²) >= 11 is 0. The van der Waals surface area contributed by atoms with Crippen LogP contribution in [0.5, 0.6) is 0 Å². The van der Waals surface area contributed by atoms with Crippen LogP contribution in [0.3, 0.4) is 0 Å². The fourth-order valence-electron chi connectivity index (χ4n) is 5.18. The lowest BCUT2D eigenvalue weighted by Crippen LogP contribution is -2.34. The van der Waals surface area contributed by atoms with Gasteiger partial charge in [-0.25, -0.2) is 15.4 Å². The highest BCUT2D eigenvalue weighted by Gasteiger charge is 2.42. The summed E-state index contributed by atoms with van der Waals surface area (Å²) in [5, 5.41) is 14.5. The monoisotopic (exact) mass is 399 g/mol. The molecule has 9 heteroatoms. The number of aliphatic hydroxyl groups excluding tert-OH is 1. The van der Waals surface area contributed by atoms with Crippen LogP contribution in [-0.2, 0) is 11.8 Å². The maximum absolute atomic E-state index is 10.2. The Balaban J connectivity index is 1.34. The topological polar surface area (TPSA) is 100 Å². The molecule has 0 aromatic carbocycles. The molecule has 0 bridgehead atoms. The Labute approximate surface area is 170 Å². The number of hydrogen-bond donors (Lipinski definition) is 3. The van der Waals surface area contributed by atoms with Crippen LogP contribution in [0.2, 0.25) is 0 Å². The third-order valence-corrected chi connectivity index (χ3v) is 6.80. The minimum Gasteiger partial charge on any atom is -0.388 e. The van der Waals surface area contributed by atoms with Crippen LogP contribution < -0.4 is 15.8 Å². The van der Waals surface area contributed by atoms with Crippen LogP contribution in [0.15, 0.2) is 24.8 Å². The van der Waals surface area contributed by atoms with E-state index < -0.39 is 6.10 Å². The summed E-state index contributed by atoms with van der Waals surface area (Å²) in [5.41, 5.74) is 9.30. The molecule has 5 rings (SSSR count). The number of hydrogen-bond acceptors (Lipinski definition) is 8. The number of nitrogens with zero attached hydrogens (tertiary/aromatic N) is 5. The molecule has 3 aliphatic rings. The number of fused-ring (bicyclic) bond motifs is 1. The molecule has 29 heavy (non-hydrogen) atoms. The fraction of sp³-hybridized carbons (Fsp3) is 0.650. The van der Waals surface area contributed by atoms with Crippen LogP contribution in [0.1, 0.15) is 42.5 Å². The standard InChI is InChI=1S/C20H29N7O2/c1-26-8-13(7-23-26)12-3-4-15-14(5-12)20(25-24-15)16-6-19(22-11-21-16)27-9-17(28)18(10-27)29-2/h6-8,11-12,14-15,17-18,20,24-25,28H,3-5,9-10H2,1-2H3/t12?,14?,15?,17-,18-,20?/m0/s1. The summed E-state index contributed by atoms with van der Waals surface area (Å²) in [6.07, 6.45) is 8.53. The zero-order chi connectivity index (χ0) is 20.0. The van der Waals surface area contributed by atoms with Crippen molar-refractivity contribution in [3.63, 3.8) is 0 Å².